The summed E-state index contributed by atoms with van der Waals surface area (Å²) in [5, 5.41) is 13.8. The van der Waals surface area contributed by atoms with Crippen LogP contribution in [0, 0.1) is 0 Å². The Morgan fingerprint density at radius 3 is 1.39 bits per heavy atom. The summed E-state index contributed by atoms with van der Waals surface area (Å²) in [5.41, 5.74) is 0. The van der Waals surface area contributed by atoms with Crippen LogP contribution in [0.1, 0.15) is 245 Å². The molecule has 0 aliphatic heterocycles. The van der Waals surface area contributed by atoms with Crippen molar-refractivity contribution in [1.29, 1.82) is 0 Å². The number of unbranched alkanes of at least 4 members (excludes halogenated alkanes) is 30. The third-order valence-corrected chi connectivity index (χ3v) is 13.0. The van der Waals surface area contributed by atoms with Gasteiger partial charge in [0, 0.05) is 6.42 Å². The van der Waals surface area contributed by atoms with E-state index >= 15 is 0 Å². The minimum absolute atomic E-state index is 0.00799. The first-order valence-electron chi connectivity index (χ1n) is 27.0. The van der Waals surface area contributed by atoms with Gasteiger partial charge in [-0.3, -0.25) is 9.36 Å². The molecule has 64 heavy (non-hydrogen) atoms. The van der Waals surface area contributed by atoms with Crippen LogP contribution in [0.2, 0.25) is 0 Å². The summed E-state index contributed by atoms with van der Waals surface area (Å²) in [6, 6.07) is -0.903. The predicted molar refractivity (Wildman–Crippen MR) is 274 cm³/mol. The van der Waals surface area contributed by atoms with Crippen LogP contribution >= 0.6 is 7.82 Å². The van der Waals surface area contributed by atoms with Crippen LogP contribution in [0.5, 0.6) is 0 Å². The lowest BCUT2D eigenvalue weighted by molar-refractivity contribution is -0.870. The number of phosphoric acid groups is 1. The summed E-state index contributed by atoms with van der Waals surface area (Å²) in [7, 11) is 1.24. The minimum Gasteiger partial charge on any atom is -0.756 e. The van der Waals surface area contributed by atoms with Gasteiger partial charge in [0.2, 0.25) is 5.91 Å². The Bertz CT molecular complexity index is 1180. The predicted octanol–water partition coefficient (Wildman–Crippen LogP) is 15.3. The van der Waals surface area contributed by atoms with Crippen LogP contribution in [0.4, 0.5) is 0 Å². The van der Waals surface area contributed by atoms with Gasteiger partial charge in [-0.2, -0.15) is 0 Å². The number of nitrogens with zero attached hydrogens (tertiary/aromatic N) is 1. The largest absolute Gasteiger partial charge is 0.756 e. The first-order valence-corrected chi connectivity index (χ1v) is 28.5. The summed E-state index contributed by atoms with van der Waals surface area (Å²) in [4.78, 5) is 25.4. The van der Waals surface area contributed by atoms with E-state index in [2.05, 4.69) is 55.6 Å². The zero-order chi connectivity index (χ0) is 47.1. The van der Waals surface area contributed by atoms with Gasteiger partial charge in [0.25, 0.3) is 7.82 Å². The fourth-order valence-corrected chi connectivity index (χ4v) is 8.54. The number of aliphatic hydroxyl groups is 1. The summed E-state index contributed by atoms with van der Waals surface area (Å²) in [6.07, 6.45) is 60.6. The Hall–Kier alpha value is -1.54. The molecule has 376 valence electrons. The SMILES string of the molecule is CC/C=C\C/C=C\C/C=C\CCCCCC(=O)NC(COP(=O)([O-])OCC[N+](C)(C)C)C(O)/C=C/CCCCCCCCCCCCCCCCCCCCCCCCCCCCC. The van der Waals surface area contributed by atoms with Gasteiger partial charge in [-0.25, -0.2) is 0 Å². The Morgan fingerprint density at radius 1 is 0.562 bits per heavy atom. The molecule has 0 bridgehead atoms. The van der Waals surface area contributed by atoms with E-state index < -0.39 is 26.6 Å². The van der Waals surface area contributed by atoms with Crippen LogP contribution in [0.25, 0.3) is 0 Å². The lowest BCUT2D eigenvalue weighted by atomic mass is 10.0. The molecule has 8 nitrogen and oxygen atoms in total. The molecule has 0 saturated carbocycles. The molecule has 0 heterocycles. The Morgan fingerprint density at radius 2 is 0.953 bits per heavy atom. The highest BCUT2D eigenvalue weighted by molar-refractivity contribution is 7.45. The second kappa shape index (κ2) is 46.6. The topological polar surface area (TPSA) is 108 Å². The molecular weight excluding hydrogens is 816 g/mol. The van der Waals surface area contributed by atoms with E-state index in [4.69, 9.17) is 9.05 Å². The molecule has 0 radical (unpaired) electrons. The maximum absolute atomic E-state index is 12.9. The molecule has 0 aliphatic carbocycles. The van der Waals surface area contributed by atoms with Gasteiger partial charge < -0.3 is 28.8 Å². The van der Waals surface area contributed by atoms with Crippen LogP contribution < -0.4 is 10.2 Å². The van der Waals surface area contributed by atoms with Gasteiger partial charge in [0.1, 0.15) is 13.2 Å². The molecule has 0 aromatic carbocycles. The maximum Gasteiger partial charge on any atom is 0.268 e. The fraction of sp³-hybridized carbons (Fsp3) is 0.836. The van der Waals surface area contributed by atoms with Gasteiger partial charge in [0.15, 0.2) is 0 Å². The van der Waals surface area contributed by atoms with Gasteiger partial charge in [-0.1, -0.05) is 236 Å². The lowest BCUT2D eigenvalue weighted by Gasteiger charge is -2.29. The average Bonchev–Trinajstić information content (AvgIpc) is 3.25. The van der Waals surface area contributed by atoms with Crippen molar-refractivity contribution in [3.05, 3.63) is 48.6 Å². The fourth-order valence-electron chi connectivity index (χ4n) is 7.82. The van der Waals surface area contributed by atoms with Crippen molar-refractivity contribution in [3.8, 4) is 0 Å². The average molecular weight is 921 g/mol. The minimum atomic E-state index is -4.60. The van der Waals surface area contributed by atoms with Crippen molar-refractivity contribution in [2.24, 2.45) is 0 Å². The number of carbonyl (C=O) groups is 1. The van der Waals surface area contributed by atoms with E-state index in [0.717, 1.165) is 64.2 Å². The second-order valence-electron chi connectivity index (χ2n) is 19.6. The number of amides is 1. The summed E-state index contributed by atoms with van der Waals surface area (Å²) >= 11 is 0. The number of aliphatic hydroxyl groups excluding tert-OH is 1. The molecule has 0 spiro atoms. The van der Waals surface area contributed by atoms with E-state index in [1.54, 1.807) is 6.08 Å². The van der Waals surface area contributed by atoms with E-state index in [1.807, 2.05) is 27.2 Å². The van der Waals surface area contributed by atoms with Crippen LogP contribution in [0.15, 0.2) is 48.6 Å². The van der Waals surface area contributed by atoms with Crippen molar-refractivity contribution in [2.75, 3.05) is 40.9 Å². The molecule has 3 unspecified atom stereocenters. The summed E-state index contributed by atoms with van der Waals surface area (Å²) in [6.45, 7) is 4.52. The zero-order valence-corrected chi connectivity index (χ0v) is 43.6. The van der Waals surface area contributed by atoms with Gasteiger partial charge >= 0.3 is 0 Å². The smallest absolute Gasteiger partial charge is 0.268 e. The molecule has 1 amide bonds. The third kappa shape index (κ3) is 48.4. The zero-order valence-electron chi connectivity index (χ0n) is 42.7. The molecular formula is C55H105N2O6P. The van der Waals surface area contributed by atoms with Gasteiger partial charge in [-0.15, -0.1) is 0 Å². The normalized spacial score (nSPS) is 14.4. The standard InChI is InChI=1S/C55H105N2O6P/c1-6-8-10-12-14-16-18-20-21-22-23-24-25-26-27-28-29-30-31-32-33-34-35-37-38-40-42-44-46-48-54(58)53(52-63-64(60,61)62-51-50-57(3,4)5)56-55(59)49-47-45-43-41-39-36-19-17-15-13-11-9-7-2/h9,11,15,17,36,39,46,48,53-54,58H,6-8,10,12-14,16,18-35,37-38,40-45,47,49-52H2,1-5H3,(H-,56,59,60,61)/b11-9-,17-15-,39-36-,48-46+. The van der Waals surface area contributed by atoms with Crippen LogP contribution in [0.3, 0.4) is 0 Å². The van der Waals surface area contributed by atoms with Gasteiger partial charge in [0.05, 0.1) is 39.9 Å². The maximum atomic E-state index is 12.9. The summed E-state index contributed by atoms with van der Waals surface area (Å²) in [5.74, 6) is -0.226. The Labute approximate surface area is 397 Å². The van der Waals surface area contributed by atoms with Crippen molar-refractivity contribution >= 4 is 13.7 Å². The van der Waals surface area contributed by atoms with Crippen LogP contribution in [-0.2, 0) is 18.4 Å². The molecule has 0 rings (SSSR count). The number of likely N-dealkylation sites (N-methyl/N-ethyl adjacent to an activating group) is 1. The van der Waals surface area contributed by atoms with E-state index in [0.29, 0.717) is 17.4 Å². The monoisotopic (exact) mass is 921 g/mol. The number of allylic oxidation sites excluding steroid dienone is 7. The van der Waals surface area contributed by atoms with E-state index in [9.17, 15) is 19.4 Å². The van der Waals surface area contributed by atoms with Crippen molar-refractivity contribution in [2.45, 2.75) is 257 Å². The highest BCUT2D eigenvalue weighted by Gasteiger charge is 2.23. The number of rotatable bonds is 49. The third-order valence-electron chi connectivity index (χ3n) is 12.0. The molecule has 3 atom stereocenters. The number of carbonyl (C=O) groups excluding carboxylic acids is 1. The second-order valence-corrected chi connectivity index (χ2v) is 21.0. The molecule has 0 fully saturated rings. The first kappa shape index (κ1) is 62.5. The number of phosphoric ester groups is 1. The molecule has 2 N–H and O–H groups in total. The first-order chi connectivity index (χ1) is 31.0. The molecule has 0 aliphatic rings. The highest BCUT2D eigenvalue weighted by atomic mass is 31.2. The lowest BCUT2D eigenvalue weighted by Crippen LogP contribution is -2.45. The quantitative estimate of drug-likeness (QED) is 0.0272. The number of hydrogen-bond donors (Lipinski definition) is 2. The molecule has 0 aromatic rings. The van der Waals surface area contributed by atoms with Crippen molar-refractivity contribution in [1.82, 2.24) is 5.32 Å². The van der Waals surface area contributed by atoms with Crippen molar-refractivity contribution < 1.29 is 32.9 Å². The molecule has 0 aromatic heterocycles. The molecule has 9 heteroatoms. The van der Waals surface area contributed by atoms with E-state index in [-0.39, 0.29) is 12.5 Å². The van der Waals surface area contributed by atoms with Crippen LogP contribution in [-0.4, -0.2) is 68.5 Å². The van der Waals surface area contributed by atoms with E-state index in [1.165, 1.54) is 161 Å². The number of hydrogen-bond acceptors (Lipinski definition) is 6. The van der Waals surface area contributed by atoms with Crippen molar-refractivity contribution in [3.63, 3.8) is 0 Å². The van der Waals surface area contributed by atoms with Gasteiger partial charge in [-0.05, 0) is 51.4 Å². The summed E-state index contributed by atoms with van der Waals surface area (Å²) < 4.78 is 23.3. The number of nitrogens with one attached hydrogen (secondary N) is 1. The molecule has 0 saturated heterocycles. The highest BCUT2D eigenvalue weighted by Crippen LogP contribution is 2.38. The number of quaternary nitrogens is 1. The Balaban J connectivity index is 4.15. The Kier molecular flexibility index (Phi) is 45.4.